The van der Waals surface area contributed by atoms with E-state index in [-0.39, 0.29) is 5.69 Å². The van der Waals surface area contributed by atoms with Gasteiger partial charge in [-0.2, -0.15) is 11.8 Å². The summed E-state index contributed by atoms with van der Waals surface area (Å²) in [5, 5.41) is 0.593. The van der Waals surface area contributed by atoms with Crippen molar-refractivity contribution in [3.05, 3.63) is 33.2 Å². The van der Waals surface area contributed by atoms with Gasteiger partial charge in [-0.25, -0.2) is 4.79 Å². The van der Waals surface area contributed by atoms with Crippen LogP contribution in [0.15, 0.2) is 27.5 Å². The fraction of sp³-hybridized carbons (Fsp3) is 0.417. The zero-order valence-corrected chi connectivity index (χ0v) is 11.7. The number of aromatic amines is 1. The topological polar surface area (TPSA) is 37.8 Å². The summed E-state index contributed by atoms with van der Waals surface area (Å²) in [4.78, 5) is 14.8. The van der Waals surface area contributed by atoms with Gasteiger partial charge in [-0.3, -0.25) is 4.57 Å². The van der Waals surface area contributed by atoms with Crippen LogP contribution in [-0.2, 0) is 6.54 Å². The number of benzene rings is 1. The Kier molecular flexibility index (Phi) is 3.04. The maximum Gasteiger partial charge on any atom is 0.326 e. The predicted octanol–water partition coefficient (Wildman–Crippen LogP) is 2.99. The van der Waals surface area contributed by atoms with Crippen molar-refractivity contribution < 1.29 is 0 Å². The van der Waals surface area contributed by atoms with Gasteiger partial charge in [0.2, 0.25) is 0 Å². The van der Waals surface area contributed by atoms with E-state index in [1.54, 1.807) is 0 Å². The molecule has 1 aliphatic rings. The van der Waals surface area contributed by atoms with Crippen LogP contribution in [0.5, 0.6) is 0 Å². The average Bonchev–Trinajstić information content (AvgIpc) is 2.88. The Morgan fingerprint density at radius 1 is 1.53 bits per heavy atom. The van der Waals surface area contributed by atoms with Crippen LogP contribution in [0.3, 0.4) is 0 Å². The van der Waals surface area contributed by atoms with E-state index in [1.807, 2.05) is 34.5 Å². The molecule has 1 atom stereocenters. The van der Waals surface area contributed by atoms with Gasteiger partial charge >= 0.3 is 5.69 Å². The molecule has 1 aromatic heterocycles. The molecule has 0 aliphatic carbocycles. The van der Waals surface area contributed by atoms with Gasteiger partial charge in [0.05, 0.1) is 11.0 Å². The Labute approximate surface area is 112 Å². The molecule has 0 bridgehead atoms. The van der Waals surface area contributed by atoms with Gasteiger partial charge in [0.25, 0.3) is 0 Å². The minimum absolute atomic E-state index is 0.00519. The first-order valence-corrected chi connectivity index (χ1v) is 7.58. The molecule has 1 aliphatic heterocycles. The lowest BCUT2D eigenvalue weighted by atomic mass is 10.2. The summed E-state index contributed by atoms with van der Waals surface area (Å²) in [6.07, 6.45) is 2.50. The molecule has 1 saturated heterocycles. The van der Waals surface area contributed by atoms with Gasteiger partial charge in [0, 0.05) is 16.3 Å². The molecular formula is C12H13BrN2OS. The molecule has 0 amide bonds. The van der Waals surface area contributed by atoms with Gasteiger partial charge in [-0.1, -0.05) is 15.9 Å². The van der Waals surface area contributed by atoms with Crippen LogP contribution in [0.25, 0.3) is 11.0 Å². The Morgan fingerprint density at radius 2 is 2.41 bits per heavy atom. The third-order valence-electron chi connectivity index (χ3n) is 3.15. The molecule has 3 rings (SSSR count). The SMILES string of the molecule is O=c1[nH]c2cc(Br)ccc2n1CC1CCCS1. The lowest BCUT2D eigenvalue weighted by molar-refractivity contribution is 0.636. The van der Waals surface area contributed by atoms with Crippen molar-refractivity contribution in [3.63, 3.8) is 0 Å². The average molecular weight is 313 g/mol. The molecule has 1 unspecified atom stereocenters. The molecule has 2 heterocycles. The predicted molar refractivity (Wildman–Crippen MR) is 75.7 cm³/mol. The number of rotatable bonds is 2. The molecule has 1 fully saturated rings. The molecule has 1 N–H and O–H groups in total. The van der Waals surface area contributed by atoms with Crippen molar-refractivity contribution >= 4 is 38.7 Å². The molecule has 2 aromatic rings. The number of halogens is 1. The van der Waals surface area contributed by atoms with Crippen molar-refractivity contribution in [2.75, 3.05) is 5.75 Å². The van der Waals surface area contributed by atoms with E-state index in [4.69, 9.17) is 0 Å². The summed E-state index contributed by atoms with van der Waals surface area (Å²) < 4.78 is 2.86. The second-order valence-corrected chi connectivity index (χ2v) is 6.66. The maximum absolute atomic E-state index is 11.9. The third-order valence-corrected chi connectivity index (χ3v) is 5.02. The van der Waals surface area contributed by atoms with Crippen molar-refractivity contribution in [2.45, 2.75) is 24.6 Å². The number of nitrogens with zero attached hydrogens (tertiary/aromatic N) is 1. The first-order chi connectivity index (χ1) is 8.24. The van der Waals surface area contributed by atoms with E-state index in [9.17, 15) is 4.79 Å². The number of nitrogens with one attached hydrogen (secondary N) is 1. The molecule has 0 saturated carbocycles. The molecule has 1 aromatic carbocycles. The highest BCUT2D eigenvalue weighted by atomic mass is 79.9. The normalized spacial score (nSPS) is 20.2. The summed E-state index contributed by atoms with van der Waals surface area (Å²) >= 11 is 5.40. The Morgan fingerprint density at radius 3 is 3.18 bits per heavy atom. The molecular weight excluding hydrogens is 300 g/mol. The number of fused-ring (bicyclic) bond motifs is 1. The largest absolute Gasteiger partial charge is 0.326 e. The zero-order valence-electron chi connectivity index (χ0n) is 9.28. The highest BCUT2D eigenvalue weighted by Gasteiger charge is 2.18. The monoisotopic (exact) mass is 312 g/mol. The highest BCUT2D eigenvalue weighted by molar-refractivity contribution is 9.10. The van der Waals surface area contributed by atoms with Gasteiger partial charge < -0.3 is 4.98 Å². The van der Waals surface area contributed by atoms with E-state index < -0.39 is 0 Å². The zero-order chi connectivity index (χ0) is 11.8. The van der Waals surface area contributed by atoms with E-state index in [1.165, 1.54) is 18.6 Å². The number of imidazole rings is 1. The van der Waals surface area contributed by atoms with Gasteiger partial charge in [0.15, 0.2) is 0 Å². The first-order valence-electron chi connectivity index (χ1n) is 5.74. The van der Waals surface area contributed by atoms with E-state index in [0.29, 0.717) is 5.25 Å². The van der Waals surface area contributed by atoms with Crippen LogP contribution in [0.1, 0.15) is 12.8 Å². The van der Waals surface area contributed by atoms with Crippen molar-refractivity contribution in [3.8, 4) is 0 Å². The Hall–Kier alpha value is -0.680. The quantitative estimate of drug-likeness (QED) is 0.925. The van der Waals surface area contributed by atoms with E-state index in [0.717, 1.165) is 22.1 Å². The maximum atomic E-state index is 11.9. The number of hydrogen-bond donors (Lipinski definition) is 1. The van der Waals surface area contributed by atoms with Crippen LogP contribution in [0, 0.1) is 0 Å². The molecule has 0 spiro atoms. The fourth-order valence-electron chi connectivity index (χ4n) is 2.31. The van der Waals surface area contributed by atoms with Crippen LogP contribution in [-0.4, -0.2) is 20.6 Å². The van der Waals surface area contributed by atoms with Gasteiger partial charge in [-0.15, -0.1) is 0 Å². The summed E-state index contributed by atoms with van der Waals surface area (Å²) in [6.45, 7) is 0.825. The highest BCUT2D eigenvalue weighted by Crippen LogP contribution is 2.28. The number of H-pyrrole nitrogens is 1. The molecule has 90 valence electrons. The van der Waals surface area contributed by atoms with Crippen molar-refractivity contribution in [1.29, 1.82) is 0 Å². The Balaban J connectivity index is 2.02. The third kappa shape index (κ3) is 2.18. The number of aromatic nitrogens is 2. The van der Waals surface area contributed by atoms with Gasteiger partial charge in [0.1, 0.15) is 0 Å². The smallest absolute Gasteiger partial charge is 0.305 e. The van der Waals surface area contributed by atoms with Crippen molar-refractivity contribution in [1.82, 2.24) is 9.55 Å². The summed E-state index contributed by atoms with van der Waals surface area (Å²) in [5.74, 6) is 1.23. The summed E-state index contributed by atoms with van der Waals surface area (Å²) in [5.41, 5.74) is 1.92. The number of hydrogen-bond acceptors (Lipinski definition) is 2. The van der Waals surface area contributed by atoms with Gasteiger partial charge in [-0.05, 0) is 36.8 Å². The first kappa shape index (κ1) is 11.4. The second kappa shape index (κ2) is 4.53. The van der Waals surface area contributed by atoms with Crippen LogP contribution >= 0.6 is 27.7 Å². The fourth-order valence-corrected chi connectivity index (χ4v) is 3.92. The minimum Gasteiger partial charge on any atom is -0.305 e. The molecule has 5 heteroatoms. The van der Waals surface area contributed by atoms with Crippen LogP contribution in [0.2, 0.25) is 0 Å². The lowest BCUT2D eigenvalue weighted by Gasteiger charge is -2.09. The van der Waals surface area contributed by atoms with Crippen LogP contribution in [0.4, 0.5) is 0 Å². The summed E-state index contributed by atoms with van der Waals surface area (Å²) in [7, 11) is 0. The van der Waals surface area contributed by atoms with E-state index >= 15 is 0 Å². The standard InChI is InChI=1S/C12H13BrN2OS/c13-8-3-4-11-10(6-8)14-12(16)15(11)7-9-2-1-5-17-9/h3-4,6,9H,1-2,5,7H2,(H,14,16). The molecule has 0 radical (unpaired) electrons. The second-order valence-electron chi connectivity index (χ2n) is 4.34. The van der Waals surface area contributed by atoms with Crippen molar-refractivity contribution in [2.24, 2.45) is 0 Å². The van der Waals surface area contributed by atoms with E-state index in [2.05, 4.69) is 20.9 Å². The van der Waals surface area contributed by atoms with Crippen LogP contribution < -0.4 is 5.69 Å². The molecule has 17 heavy (non-hydrogen) atoms. The Bertz CT molecular complexity index is 598. The lowest BCUT2D eigenvalue weighted by Crippen LogP contribution is -2.21. The number of thioether (sulfide) groups is 1. The summed E-state index contributed by atoms with van der Waals surface area (Å²) in [6, 6.07) is 5.93. The molecule has 3 nitrogen and oxygen atoms in total. The minimum atomic E-state index is 0.00519.